The summed E-state index contributed by atoms with van der Waals surface area (Å²) in [7, 11) is 0. The molecule has 0 radical (unpaired) electrons. The van der Waals surface area contributed by atoms with Gasteiger partial charge in [0, 0.05) is 12.5 Å². The summed E-state index contributed by atoms with van der Waals surface area (Å²) >= 11 is 0. The van der Waals surface area contributed by atoms with Gasteiger partial charge < -0.3 is 15.3 Å². The van der Waals surface area contributed by atoms with Crippen LogP contribution in [0.1, 0.15) is 51.4 Å². The zero-order valence-corrected chi connectivity index (χ0v) is 12.3. The van der Waals surface area contributed by atoms with Crippen LogP contribution in [0.25, 0.3) is 0 Å². The highest BCUT2D eigenvalue weighted by molar-refractivity contribution is 5.87. The fraction of sp³-hybridized carbons (Fsp3) is 0.800. The van der Waals surface area contributed by atoms with Crippen LogP contribution in [-0.4, -0.2) is 46.9 Å². The van der Waals surface area contributed by atoms with Crippen molar-refractivity contribution in [2.24, 2.45) is 5.92 Å². The van der Waals surface area contributed by atoms with Crippen molar-refractivity contribution in [3.05, 3.63) is 0 Å². The van der Waals surface area contributed by atoms with Crippen LogP contribution < -0.4 is 5.32 Å². The van der Waals surface area contributed by atoms with Gasteiger partial charge in [-0.05, 0) is 25.2 Å². The maximum absolute atomic E-state index is 12.0. The van der Waals surface area contributed by atoms with Crippen LogP contribution in [0.4, 0.5) is 0 Å². The summed E-state index contributed by atoms with van der Waals surface area (Å²) in [4.78, 5) is 35.8. The van der Waals surface area contributed by atoms with Gasteiger partial charge in [-0.2, -0.15) is 0 Å². The molecule has 0 unspecified atom stereocenters. The minimum atomic E-state index is -1.01. The van der Waals surface area contributed by atoms with Crippen LogP contribution >= 0.6 is 0 Å². The molecule has 0 aromatic rings. The predicted octanol–water partition coefficient (Wildman–Crippen LogP) is 1.15. The summed E-state index contributed by atoms with van der Waals surface area (Å²) in [5, 5.41) is 11.4. The molecule has 118 valence electrons. The zero-order valence-electron chi connectivity index (χ0n) is 12.3. The Labute approximate surface area is 124 Å². The number of aliphatic carboxylic acids is 1. The van der Waals surface area contributed by atoms with Crippen LogP contribution in [0.2, 0.25) is 0 Å². The van der Waals surface area contributed by atoms with Crippen LogP contribution in [0.5, 0.6) is 0 Å². The molecule has 0 heterocycles. The molecule has 2 fully saturated rings. The summed E-state index contributed by atoms with van der Waals surface area (Å²) in [5.41, 5.74) is 0. The SMILES string of the molecule is O=C(O)CN(C(=O)CNC(=O)CCC1CCCC1)C1CC1. The van der Waals surface area contributed by atoms with Crippen LogP contribution in [0, 0.1) is 5.92 Å². The van der Waals surface area contributed by atoms with E-state index in [0.29, 0.717) is 12.3 Å². The number of hydrogen-bond acceptors (Lipinski definition) is 3. The van der Waals surface area contributed by atoms with Gasteiger partial charge in [0.25, 0.3) is 0 Å². The highest BCUT2D eigenvalue weighted by Crippen LogP contribution is 2.28. The first-order valence-corrected chi connectivity index (χ1v) is 7.84. The van der Waals surface area contributed by atoms with E-state index in [4.69, 9.17) is 5.11 Å². The van der Waals surface area contributed by atoms with E-state index < -0.39 is 5.97 Å². The van der Waals surface area contributed by atoms with E-state index >= 15 is 0 Å². The zero-order chi connectivity index (χ0) is 15.2. The molecule has 0 aliphatic heterocycles. The van der Waals surface area contributed by atoms with E-state index in [1.54, 1.807) is 0 Å². The topological polar surface area (TPSA) is 86.7 Å². The highest BCUT2D eigenvalue weighted by atomic mass is 16.4. The molecule has 6 heteroatoms. The molecule has 0 aromatic heterocycles. The third kappa shape index (κ3) is 5.36. The Hall–Kier alpha value is -1.59. The summed E-state index contributed by atoms with van der Waals surface area (Å²) < 4.78 is 0. The normalized spacial score (nSPS) is 18.5. The quantitative estimate of drug-likeness (QED) is 0.703. The average molecular weight is 296 g/mol. The average Bonchev–Trinajstić information content (AvgIpc) is 3.15. The van der Waals surface area contributed by atoms with E-state index in [1.807, 2.05) is 0 Å². The van der Waals surface area contributed by atoms with Crippen LogP contribution in [0.15, 0.2) is 0 Å². The molecule has 0 spiro atoms. The standard InChI is InChI=1S/C15H24N2O4/c18-13(8-5-11-3-1-2-4-11)16-9-14(19)17(10-15(20)21)12-6-7-12/h11-12H,1-10H2,(H,16,18)(H,20,21). The van der Waals surface area contributed by atoms with Crippen molar-refractivity contribution in [3.8, 4) is 0 Å². The molecule has 0 saturated heterocycles. The van der Waals surface area contributed by atoms with Crippen molar-refractivity contribution in [2.75, 3.05) is 13.1 Å². The van der Waals surface area contributed by atoms with Gasteiger partial charge in [0.1, 0.15) is 6.54 Å². The van der Waals surface area contributed by atoms with Crippen LogP contribution in [-0.2, 0) is 14.4 Å². The minimum Gasteiger partial charge on any atom is -0.480 e. The Morgan fingerprint density at radius 3 is 2.33 bits per heavy atom. The Kier molecular flexibility index (Phi) is 5.59. The first-order chi connectivity index (χ1) is 10.1. The van der Waals surface area contributed by atoms with Gasteiger partial charge >= 0.3 is 5.97 Å². The summed E-state index contributed by atoms with van der Waals surface area (Å²) in [6, 6.07) is 0.0454. The Morgan fingerprint density at radius 2 is 1.76 bits per heavy atom. The van der Waals surface area contributed by atoms with Gasteiger partial charge in [-0.15, -0.1) is 0 Å². The molecule has 2 N–H and O–H groups in total. The van der Waals surface area contributed by atoms with E-state index in [1.165, 1.54) is 30.6 Å². The monoisotopic (exact) mass is 296 g/mol. The minimum absolute atomic E-state index is 0.0454. The number of hydrogen-bond donors (Lipinski definition) is 2. The number of nitrogens with one attached hydrogen (secondary N) is 1. The fourth-order valence-corrected chi connectivity index (χ4v) is 2.95. The first-order valence-electron chi connectivity index (χ1n) is 7.84. The second-order valence-corrected chi connectivity index (χ2v) is 6.11. The maximum Gasteiger partial charge on any atom is 0.323 e. The van der Waals surface area contributed by atoms with Crippen molar-refractivity contribution in [1.29, 1.82) is 0 Å². The van der Waals surface area contributed by atoms with Crippen molar-refractivity contribution in [1.82, 2.24) is 10.2 Å². The lowest BCUT2D eigenvalue weighted by Gasteiger charge is -2.20. The maximum atomic E-state index is 12.0. The number of nitrogens with zero attached hydrogens (tertiary/aromatic N) is 1. The van der Waals surface area contributed by atoms with E-state index in [0.717, 1.165) is 19.3 Å². The predicted molar refractivity (Wildman–Crippen MR) is 76.6 cm³/mol. The third-order valence-corrected chi connectivity index (χ3v) is 4.30. The van der Waals surface area contributed by atoms with Gasteiger partial charge in [-0.25, -0.2) is 0 Å². The van der Waals surface area contributed by atoms with Gasteiger partial charge in [0.15, 0.2) is 0 Å². The molecule has 2 saturated carbocycles. The summed E-state index contributed by atoms with van der Waals surface area (Å²) in [6.07, 6.45) is 8.00. The molecule has 2 rings (SSSR count). The number of carbonyl (C=O) groups is 3. The summed E-state index contributed by atoms with van der Waals surface area (Å²) in [5.74, 6) is -0.764. The van der Waals surface area contributed by atoms with Gasteiger partial charge in [-0.3, -0.25) is 14.4 Å². The Balaban J connectivity index is 1.66. The molecule has 2 aliphatic carbocycles. The first kappa shape index (κ1) is 15.8. The lowest BCUT2D eigenvalue weighted by molar-refractivity contribution is -0.144. The largest absolute Gasteiger partial charge is 0.480 e. The molecule has 0 bridgehead atoms. The smallest absolute Gasteiger partial charge is 0.323 e. The van der Waals surface area contributed by atoms with E-state index in [2.05, 4.69) is 5.32 Å². The number of rotatable bonds is 8. The lowest BCUT2D eigenvalue weighted by atomic mass is 10.0. The number of carboxylic acids is 1. The van der Waals surface area contributed by atoms with Crippen molar-refractivity contribution < 1.29 is 19.5 Å². The van der Waals surface area contributed by atoms with Crippen molar-refractivity contribution >= 4 is 17.8 Å². The van der Waals surface area contributed by atoms with Gasteiger partial charge in [-0.1, -0.05) is 25.7 Å². The Bertz CT molecular complexity index is 400. The number of amides is 2. The lowest BCUT2D eigenvalue weighted by Crippen LogP contribution is -2.43. The van der Waals surface area contributed by atoms with E-state index in [-0.39, 0.29) is 30.9 Å². The number of carbonyl (C=O) groups excluding carboxylic acids is 2. The van der Waals surface area contributed by atoms with Gasteiger partial charge in [0.2, 0.25) is 11.8 Å². The second kappa shape index (κ2) is 7.43. The molecule has 6 nitrogen and oxygen atoms in total. The molecule has 2 amide bonds. The molecule has 0 aromatic carbocycles. The molecule has 0 atom stereocenters. The molecular formula is C15H24N2O4. The van der Waals surface area contributed by atoms with Crippen molar-refractivity contribution in [3.63, 3.8) is 0 Å². The number of carboxylic acid groups (broad SMARTS) is 1. The molecule has 2 aliphatic rings. The van der Waals surface area contributed by atoms with Crippen LogP contribution in [0.3, 0.4) is 0 Å². The van der Waals surface area contributed by atoms with E-state index in [9.17, 15) is 14.4 Å². The van der Waals surface area contributed by atoms with Gasteiger partial charge in [0.05, 0.1) is 6.54 Å². The third-order valence-electron chi connectivity index (χ3n) is 4.30. The van der Waals surface area contributed by atoms with Crippen molar-refractivity contribution in [2.45, 2.75) is 57.4 Å². The highest BCUT2D eigenvalue weighted by Gasteiger charge is 2.33. The molecule has 21 heavy (non-hydrogen) atoms. The second-order valence-electron chi connectivity index (χ2n) is 6.11. The summed E-state index contributed by atoms with van der Waals surface area (Å²) in [6.45, 7) is -0.366. The Morgan fingerprint density at radius 1 is 1.10 bits per heavy atom. The fourth-order valence-electron chi connectivity index (χ4n) is 2.95. The molecular weight excluding hydrogens is 272 g/mol.